The molecule has 1 aliphatic carbocycles. The smallest absolute Gasteiger partial charge is 0.309 e. The summed E-state index contributed by atoms with van der Waals surface area (Å²) in [5, 5.41) is 3.68. The lowest BCUT2D eigenvalue weighted by atomic mass is 10.1. The summed E-state index contributed by atoms with van der Waals surface area (Å²) in [6.07, 6.45) is 12.3. The number of benzene rings is 1. The summed E-state index contributed by atoms with van der Waals surface area (Å²) in [4.78, 5) is 23.2. The maximum atomic E-state index is 12.2. The minimum absolute atomic E-state index is 0.0428. The van der Waals surface area contributed by atoms with Crippen molar-refractivity contribution >= 4 is 22.8 Å². The average molecular weight is 349 g/mol. The van der Waals surface area contributed by atoms with Crippen molar-refractivity contribution in [3.63, 3.8) is 0 Å². The van der Waals surface area contributed by atoms with Gasteiger partial charge in [-0.1, -0.05) is 48.6 Å². The number of rotatable bonds is 5. The zero-order valence-corrected chi connectivity index (χ0v) is 14.3. The molecular formula is C21H19NO4. The normalized spacial score (nSPS) is 16.5. The largest absolute Gasteiger partial charge is 0.469 e. The van der Waals surface area contributed by atoms with E-state index in [1.807, 2.05) is 48.6 Å². The van der Waals surface area contributed by atoms with Gasteiger partial charge in [0.1, 0.15) is 11.3 Å². The highest BCUT2D eigenvalue weighted by atomic mass is 16.5. The highest BCUT2D eigenvalue weighted by Crippen LogP contribution is 2.28. The number of hydrogen-bond donors (Lipinski definition) is 1. The van der Waals surface area contributed by atoms with E-state index < -0.39 is 0 Å². The molecule has 132 valence electrons. The van der Waals surface area contributed by atoms with Crippen molar-refractivity contribution < 1.29 is 18.7 Å². The molecule has 1 aromatic heterocycles. The van der Waals surface area contributed by atoms with E-state index in [0.717, 1.165) is 16.7 Å². The predicted molar refractivity (Wildman–Crippen MR) is 99.2 cm³/mol. The van der Waals surface area contributed by atoms with E-state index in [4.69, 9.17) is 4.42 Å². The third kappa shape index (κ3) is 4.19. The van der Waals surface area contributed by atoms with Gasteiger partial charge in [-0.05, 0) is 18.2 Å². The standard InChI is InChI=1S/C21H19NO4/c1-25-20(23)10-5-13-22-21(24)16-8-4-7-15(11-12-16)19-14-17-6-2-3-9-18(17)26-19/h2-9,11-15H,10H2,1H3,(H,22,24)/b13-5+. The van der Waals surface area contributed by atoms with Crippen LogP contribution in [0.4, 0.5) is 0 Å². The second-order valence-corrected chi connectivity index (χ2v) is 5.73. The molecule has 1 aromatic carbocycles. The molecule has 1 unspecified atom stereocenters. The first-order chi connectivity index (χ1) is 12.7. The zero-order chi connectivity index (χ0) is 18.4. The van der Waals surface area contributed by atoms with E-state index in [1.165, 1.54) is 19.4 Å². The fourth-order valence-corrected chi connectivity index (χ4v) is 2.57. The molecule has 5 nitrogen and oxygen atoms in total. The minimum Gasteiger partial charge on any atom is -0.469 e. The summed E-state index contributed by atoms with van der Waals surface area (Å²) < 4.78 is 10.4. The first kappa shape index (κ1) is 17.5. The van der Waals surface area contributed by atoms with Crippen LogP contribution in [0.15, 0.2) is 83.0 Å². The SMILES string of the molecule is COC(=O)C/C=C/NC(=O)C1=CC=CC(c2cc3ccccc3o2)C=C1. The van der Waals surface area contributed by atoms with Crippen LogP contribution in [0.25, 0.3) is 11.0 Å². The number of carbonyl (C=O) groups excluding carboxylic acids is 2. The molecule has 1 heterocycles. The summed E-state index contributed by atoms with van der Waals surface area (Å²) in [5.74, 6) is 0.170. The molecule has 2 aromatic rings. The number of para-hydroxylation sites is 1. The fourth-order valence-electron chi connectivity index (χ4n) is 2.57. The van der Waals surface area contributed by atoms with Crippen molar-refractivity contribution in [3.05, 3.63) is 84.3 Å². The number of allylic oxidation sites excluding steroid dienone is 4. The van der Waals surface area contributed by atoms with Crippen molar-refractivity contribution in [1.29, 1.82) is 0 Å². The van der Waals surface area contributed by atoms with Gasteiger partial charge in [0.25, 0.3) is 5.91 Å². The molecule has 0 fully saturated rings. The van der Waals surface area contributed by atoms with Crippen molar-refractivity contribution in [3.8, 4) is 0 Å². The second-order valence-electron chi connectivity index (χ2n) is 5.73. The number of ether oxygens (including phenoxy) is 1. The summed E-state index contributed by atoms with van der Waals surface area (Å²) in [6, 6.07) is 9.85. The molecule has 0 spiro atoms. The Bertz CT molecular complexity index is 897. The molecule has 26 heavy (non-hydrogen) atoms. The molecule has 0 radical (unpaired) electrons. The maximum Gasteiger partial charge on any atom is 0.309 e. The Labute approximate surface area is 151 Å². The lowest BCUT2D eigenvalue weighted by Crippen LogP contribution is -2.18. The zero-order valence-electron chi connectivity index (χ0n) is 14.3. The molecule has 1 atom stereocenters. The van der Waals surface area contributed by atoms with Crippen LogP contribution >= 0.6 is 0 Å². The molecule has 0 saturated carbocycles. The molecular weight excluding hydrogens is 330 g/mol. The minimum atomic E-state index is -0.360. The average Bonchev–Trinajstić information content (AvgIpc) is 2.94. The van der Waals surface area contributed by atoms with Crippen LogP contribution in [-0.2, 0) is 14.3 Å². The Kier molecular flexibility index (Phi) is 5.49. The van der Waals surface area contributed by atoms with Gasteiger partial charge in [-0.15, -0.1) is 0 Å². The third-order valence-electron chi connectivity index (χ3n) is 3.96. The van der Waals surface area contributed by atoms with Crippen molar-refractivity contribution in [2.75, 3.05) is 7.11 Å². The fraction of sp³-hybridized carbons (Fsp3) is 0.143. The molecule has 5 heteroatoms. The summed E-state index contributed by atoms with van der Waals surface area (Å²) in [7, 11) is 1.32. The molecule has 0 aliphatic heterocycles. The molecule has 1 amide bonds. The van der Waals surface area contributed by atoms with E-state index in [1.54, 1.807) is 12.2 Å². The molecule has 1 N–H and O–H groups in total. The highest BCUT2D eigenvalue weighted by Gasteiger charge is 2.13. The van der Waals surface area contributed by atoms with Gasteiger partial charge in [-0.25, -0.2) is 0 Å². The summed E-state index contributed by atoms with van der Waals surface area (Å²) in [6.45, 7) is 0. The van der Waals surface area contributed by atoms with Gasteiger partial charge in [0.05, 0.1) is 19.4 Å². The van der Waals surface area contributed by atoms with Gasteiger partial charge in [0.15, 0.2) is 0 Å². The van der Waals surface area contributed by atoms with Crippen LogP contribution in [0.3, 0.4) is 0 Å². The number of furan rings is 1. The molecule has 1 aliphatic rings. The van der Waals surface area contributed by atoms with Crippen LogP contribution < -0.4 is 5.32 Å². The van der Waals surface area contributed by atoms with Crippen molar-refractivity contribution in [2.45, 2.75) is 12.3 Å². The molecule has 3 rings (SSSR count). The van der Waals surface area contributed by atoms with Crippen molar-refractivity contribution in [1.82, 2.24) is 5.32 Å². The number of methoxy groups -OCH3 is 1. The predicted octanol–water partition coefficient (Wildman–Crippen LogP) is 3.76. The first-order valence-corrected chi connectivity index (χ1v) is 8.25. The van der Waals surface area contributed by atoms with Gasteiger partial charge < -0.3 is 14.5 Å². The molecule has 0 bridgehead atoms. The maximum absolute atomic E-state index is 12.2. The van der Waals surface area contributed by atoms with Gasteiger partial charge in [0.2, 0.25) is 0 Å². The second kappa shape index (κ2) is 8.16. The van der Waals surface area contributed by atoms with Crippen LogP contribution in [0.1, 0.15) is 18.1 Å². The van der Waals surface area contributed by atoms with Gasteiger partial charge >= 0.3 is 5.97 Å². The lowest BCUT2D eigenvalue weighted by Gasteiger charge is -2.02. The Morgan fingerprint density at radius 1 is 1.27 bits per heavy atom. The third-order valence-corrected chi connectivity index (χ3v) is 3.96. The Morgan fingerprint density at radius 2 is 2.12 bits per heavy atom. The van der Waals surface area contributed by atoms with Gasteiger partial charge in [-0.3, -0.25) is 9.59 Å². The Balaban J connectivity index is 1.65. The number of fused-ring (bicyclic) bond motifs is 1. The number of esters is 1. The number of amides is 1. The van der Waals surface area contributed by atoms with E-state index in [9.17, 15) is 9.59 Å². The highest BCUT2D eigenvalue weighted by molar-refractivity contribution is 5.97. The van der Waals surface area contributed by atoms with Crippen LogP contribution in [0.2, 0.25) is 0 Å². The monoisotopic (exact) mass is 349 g/mol. The van der Waals surface area contributed by atoms with E-state index in [0.29, 0.717) is 5.57 Å². The number of nitrogens with one attached hydrogen (secondary N) is 1. The lowest BCUT2D eigenvalue weighted by molar-refractivity contribution is -0.139. The van der Waals surface area contributed by atoms with E-state index in [-0.39, 0.29) is 24.2 Å². The van der Waals surface area contributed by atoms with Crippen LogP contribution in [0, 0.1) is 0 Å². The van der Waals surface area contributed by atoms with Crippen LogP contribution in [-0.4, -0.2) is 19.0 Å². The van der Waals surface area contributed by atoms with E-state index >= 15 is 0 Å². The van der Waals surface area contributed by atoms with Gasteiger partial charge in [-0.2, -0.15) is 0 Å². The molecule has 0 saturated heterocycles. The van der Waals surface area contributed by atoms with Crippen LogP contribution in [0.5, 0.6) is 0 Å². The number of hydrogen-bond acceptors (Lipinski definition) is 4. The Morgan fingerprint density at radius 3 is 2.92 bits per heavy atom. The van der Waals surface area contributed by atoms with E-state index in [2.05, 4.69) is 10.1 Å². The number of carbonyl (C=O) groups is 2. The Hall–Kier alpha value is -3.34. The summed E-state index contributed by atoms with van der Waals surface area (Å²) in [5.41, 5.74) is 1.36. The van der Waals surface area contributed by atoms with Gasteiger partial charge in [0, 0.05) is 17.2 Å². The first-order valence-electron chi connectivity index (χ1n) is 8.25. The van der Waals surface area contributed by atoms with Crippen molar-refractivity contribution in [2.24, 2.45) is 0 Å². The quantitative estimate of drug-likeness (QED) is 0.835. The summed E-state index contributed by atoms with van der Waals surface area (Å²) >= 11 is 0. The topological polar surface area (TPSA) is 68.5 Å².